The number of hydrogen-bond acceptors (Lipinski definition) is 3. The lowest BCUT2D eigenvalue weighted by Crippen LogP contribution is -2.42. The number of ether oxygens (including phenoxy) is 1. The highest BCUT2D eigenvalue weighted by molar-refractivity contribution is 4.99. The van der Waals surface area contributed by atoms with Crippen LogP contribution in [0.3, 0.4) is 0 Å². The van der Waals surface area contributed by atoms with E-state index in [1.807, 2.05) is 19.4 Å². The number of rotatable bonds is 4. The van der Waals surface area contributed by atoms with Crippen molar-refractivity contribution in [2.75, 3.05) is 7.05 Å². The maximum atomic E-state index is 5.95. The van der Waals surface area contributed by atoms with Crippen LogP contribution < -0.4 is 5.32 Å². The predicted octanol–water partition coefficient (Wildman–Crippen LogP) is 1.61. The SMILES string of the molecule is CNC(Cc1nccn1C)C1C(C)OC(C)C1C. The summed E-state index contributed by atoms with van der Waals surface area (Å²) in [5.74, 6) is 2.26. The molecule has 5 atom stereocenters. The molecule has 4 heteroatoms. The van der Waals surface area contributed by atoms with Gasteiger partial charge in [-0.1, -0.05) is 6.92 Å². The molecule has 5 unspecified atom stereocenters. The van der Waals surface area contributed by atoms with Gasteiger partial charge in [0.15, 0.2) is 0 Å². The normalized spacial score (nSPS) is 33.8. The van der Waals surface area contributed by atoms with Gasteiger partial charge in [-0.25, -0.2) is 4.98 Å². The fraction of sp³-hybridized carbons (Fsp3) is 0.786. The lowest BCUT2D eigenvalue weighted by molar-refractivity contribution is 0.0478. The second-order valence-corrected chi connectivity index (χ2v) is 5.54. The Labute approximate surface area is 110 Å². The summed E-state index contributed by atoms with van der Waals surface area (Å²) in [4.78, 5) is 4.43. The van der Waals surface area contributed by atoms with Crippen molar-refractivity contribution in [2.24, 2.45) is 18.9 Å². The molecule has 102 valence electrons. The molecular formula is C14H25N3O. The van der Waals surface area contributed by atoms with Gasteiger partial charge in [0.2, 0.25) is 0 Å². The molecular weight excluding hydrogens is 226 g/mol. The molecule has 1 N–H and O–H groups in total. The van der Waals surface area contributed by atoms with E-state index >= 15 is 0 Å². The zero-order chi connectivity index (χ0) is 13.3. The van der Waals surface area contributed by atoms with E-state index in [2.05, 4.69) is 42.7 Å². The summed E-state index contributed by atoms with van der Waals surface area (Å²) < 4.78 is 8.05. The van der Waals surface area contributed by atoms with Crippen molar-refractivity contribution >= 4 is 0 Å². The zero-order valence-corrected chi connectivity index (χ0v) is 12.1. The third-order valence-electron chi connectivity index (χ3n) is 4.48. The Morgan fingerprint density at radius 3 is 2.56 bits per heavy atom. The van der Waals surface area contributed by atoms with Crippen LogP contribution >= 0.6 is 0 Å². The van der Waals surface area contributed by atoms with Gasteiger partial charge in [0.05, 0.1) is 12.2 Å². The van der Waals surface area contributed by atoms with Gasteiger partial charge in [0.1, 0.15) is 5.82 Å². The van der Waals surface area contributed by atoms with Crippen molar-refractivity contribution < 1.29 is 4.74 Å². The first-order chi connectivity index (χ1) is 8.54. The van der Waals surface area contributed by atoms with E-state index in [1.165, 1.54) is 0 Å². The standard InChI is InChI=1S/C14H25N3O/c1-9-10(2)18-11(3)14(9)12(15-4)8-13-16-6-7-17(13)5/h6-7,9-12,14-15H,8H2,1-5H3. The van der Waals surface area contributed by atoms with Gasteiger partial charge in [0, 0.05) is 37.8 Å². The quantitative estimate of drug-likeness (QED) is 0.883. The van der Waals surface area contributed by atoms with E-state index < -0.39 is 0 Å². The van der Waals surface area contributed by atoms with Gasteiger partial charge >= 0.3 is 0 Å². The van der Waals surface area contributed by atoms with Crippen molar-refractivity contribution in [3.05, 3.63) is 18.2 Å². The van der Waals surface area contributed by atoms with E-state index in [9.17, 15) is 0 Å². The minimum atomic E-state index is 0.313. The van der Waals surface area contributed by atoms with Crippen molar-refractivity contribution in [2.45, 2.75) is 45.4 Å². The van der Waals surface area contributed by atoms with E-state index in [1.54, 1.807) is 0 Å². The van der Waals surface area contributed by atoms with Crippen LogP contribution in [0.4, 0.5) is 0 Å². The topological polar surface area (TPSA) is 39.1 Å². The summed E-state index contributed by atoms with van der Waals surface area (Å²) in [5.41, 5.74) is 0. The molecule has 1 aliphatic rings. The summed E-state index contributed by atoms with van der Waals surface area (Å²) in [6, 6.07) is 0.418. The Kier molecular flexibility index (Phi) is 4.07. The maximum Gasteiger partial charge on any atom is 0.109 e. The number of imidazole rings is 1. The molecule has 2 rings (SSSR count). The van der Waals surface area contributed by atoms with Crippen LogP contribution in [0.5, 0.6) is 0 Å². The van der Waals surface area contributed by atoms with Gasteiger partial charge in [-0.3, -0.25) is 0 Å². The van der Waals surface area contributed by atoms with Crippen LogP contribution in [0.15, 0.2) is 12.4 Å². The third-order valence-corrected chi connectivity index (χ3v) is 4.48. The average molecular weight is 251 g/mol. The molecule has 0 spiro atoms. The smallest absolute Gasteiger partial charge is 0.109 e. The molecule has 0 saturated carbocycles. The molecule has 1 aromatic rings. The summed E-state index contributed by atoms with van der Waals surface area (Å²) in [7, 11) is 4.09. The van der Waals surface area contributed by atoms with Crippen LogP contribution in [0.1, 0.15) is 26.6 Å². The lowest BCUT2D eigenvalue weighted by atomic mass is 9.82. The summed E-state index contributed by atoms with van der Waals surface area (Å²) in [6.07, 6.45) is 5.48. The Hall–Kier alpha value is -0.870. The molecule has 0 radical (unpaired) electrons. The van der Waals surface area contributed by atoms with Gasteiger partial charge < -0.3 is 14.6 Å². The Bertz CT molecular complexity index is 390. The fourth-order valence-electron chi connectivity index (χ4n) is 3.21. The van der Waals surface area contributed by atoms with E-state index in [-0.39, 0.29) is 0 Å². The second-order valence-electron chi connectivity index (χ2n) is 5.54. The number of likely N-dealkylation sites (N-methyl/N-ethyl adjacent to an activating group) is 1. The van der Waals surface area contributed by atoms with Gasteiger partial charge in [-0.15, -0.1) is 0 Å². The van der Waals surface area contributed by atoms with Gasteiger partial charge in [-0.2, -0.15) is 0 Å². The Morgan fingerprint density at radius 2 is 2.11 bits per heavy atom. The van der Waals surface area contributed by atoms with E-state index in [0.717, 1.165) is 12.2 Å². The summed E-state index contributed by atoms with van der Waals surface area (Å²) in [6.45, 7) is 6.66. The molecule has 0 aromatic carbocycles. The monoisotopic (exact) mass is 251 g/mol. The second kappa shape index (κ2) is 5.41. The van der Waals surface area contributed by atoms with Crippen LogP contribution in [0.25, 0.3) is 0 Å². The lowest BCUT2D eigenvalue weighted by Gasteiger charge is -2.28. The molecule has 0 amide bonds. The fourth-order valence-corrected chi connectivity index (χ4v) is 3.21. The maximum absolute atomic E-state index is 5.95. The number of nitrogens with one attached hydrogen (secondary N) is 1. The third kappa shape index (κ3) is 2.45. The van der Waals surface area contributed by atoms with Crippen LogP contribution in [0, 0.1) is 11.8 Å². The van der Waals surface area contributed by atoms with Gasteiger partial charge in [0.25, 0.3) is 0 Å². The van der Waals surface area contributed by atoms with Crippen molar-refractivity contribution in [1.29, 1.82) is 0 Å². The zero-order valence-electron chi connectivity index (χ0n) is 12.1. The van der Waals surface area contributed by atoms with Crippen LogP contribution in [0.2, 0.25) is 0 Å². The minimum Gasteiger partial charge on any atom is -0.375 e. The average Bonchev–Trinajstić information content (AvgIpc) is 2.83. The van der Waals surface area contributed by atoms with Crippen molar-refractivity contribution in [1.82, 2.24) is 14.9 Å². The minimum absolute atomic E-state index is 0.313. The highest BCUT2D eigenvalue weighted by Crippen LogP contribution is 2.35. The van der Waals surface area contributed by atoms with E-state index in [4.69, 9.17) is 4.74 Å². The Balaban J connectivity index is 2.11. The molecule has 1 aliphatic heterocycles. The molecule has 0 aliphatic carbocycles. The number of aryl methyl sites for hydroxylation is 1. The predicted molar refractivity (Wildman–Crippen MR) is 72.4 cm³/mol. The first kappa shape index (κ1) is 13.6. The molecule has 2 heterocycles. The van der Waals surface area contributed by atoms with Crippen molar-refractivity contribution in [3.63, 3.8) is 0 Å². The molecule has 1 saturated heterocycles. The number of aromatic nitrogens is 2. The molecule has 1 fully saturated rings. The first-order valence-electron chi connectivity index (χ1n) is 6.83. The van der Waals surface area contributed by atoms with E-state index in [0.29, 0.717) is 30.1 Å². The first-order valence-corrected chi connectivity index (χ1v) is 6.83. The van der Waals surface area contributed by atoms with Crippen molar-refractivity contribution in [3.8, 4) is 0 Å². The van der Waals surface area contributed by atoms with Crippen LogP contribution in [-0.2, 0) is 18.2 Å². The molecule has 0 bridgehead atoms. The molecule has 18 heavy (non-hydrogen) atoms. The number of hydrogen-bond donors (Lipinski definition) is 1. The number of nitrogens with zero attached hydrogens (tertiary/aromatic N) is 2. The largest absolute Gasteiger partial charge is 0.375 e. The highest BCUT2D eigenvalue weighted by atomic mass is 16.5. The summed E-state index contributed by atoms with van der Waals surface area (Å²) in [5, 5.41) is 3.46. The van der Waals surface area contributed by atoms with Gasteiger partial charge in [-0.05, 0) is 26.8 Å². The molecule has 4 nitrogen and oxygen atoms in total. The Morgan fingerprint density at radius 1 is 1.39 bits per heavy atom. The highest BCUT2D eigenvalue weighted by Gasteiger charge is 2.41. The van der Waals surface area contributed by atoms with Crippen LogP contribution in [-0.4, -0.2) is 34.8 Å². The molecule has 1 aromatic heterocycles. The summed E-state index contributed by atoms with van der Waals surface area (Å²) >= 11 is 0.